The van der Waals surface area contributed by atoms with E-state index < -0.39 is 34.8 Å². The van der Waals surface area contributed by atoms with Gasteiger partial charge < -0.3 is 24.3 Å². The molecular weight excluding hydrogens is 519 g/mol. The summed E-state index contributed by atoms with van der Waals surface area (Å²) in [6, 6.07) is 8.18. The van der Waals surface area contributed by atoms with E-state index in [0.29, 0.717) is 18.4 Å². The van der Waals surface area contributed by atoms with Gasteiger partial charge in [0.2, 0.25) is 0 Å². The van der Waals surface area contributed by atoms with Crippen molar-refractivity contribution in [3.8, 4) is 5.75 Å². The Kier molecular flexibility index (Phi) is 9.42. The molecule has 38 heavy (non-hydrogen) atoms. The summed E-state index contributed by atoms with van der Waals surface area (Å²) in [6.45, 7) is 11.3. The number of aryl methyl sites for hydroxylation is 3. The number of amides is 1. The van der Waals surface area contributed by atoms with Gasteiger partial charge >= 0.3 is 12.3 Å². The van der Waals surface area contributed by atoms with Gasteiger partial charge in [0.25, 0.3) is 0 Å². The van der Waals surface area contributed by atoms with Crippen LogP contribution in [-0.4, -0.2) is 42.8 Å². The summed E-state index contributed by atoms with van der Waals surface area (Å²) >= 11 is 1.68. The molecule has 0 bridgehead atoms. The van der Waals surface area contributed by atoms with Crippen molar-refractivity contribution >= 4 is 17.4 Å². The number of carbonyl (C=O) groups excluding carboxylic acids is 1. The maximum atomic E-state index is 13.9. The normalized spacial score (nSPS) is 17.2. The summed E-state index contributed by atoms with van der Waals surface area (Å²) in [5.74, 6) is -1.01. The van der Waals surface area contributed by atoms with Crippen molar-refractivity contribution in [2.75, 3.05) is 19.8 Å². The molecule has 1 saturated heterocycles. The molecule has 0 saturated carbocycles. The zero-order chi connectivity index (χ0) is 28.2. The van der Waals surface area contributed by atoms with Crippen molar-refractivity contribution in [1.29, 1.82) is 0 Å². The number of halogens is 3. The molecule has 1 fully saturated rings. The van der Waals surface area contributed by atoms with E-state index in [1.807, 2.05) is 19.1 Å². The fourth-order valence-electron chi connectivity index (χ4n) is 4.02. The van der Waals surface area contributed by atoms with E-state index in [2.05, 4.69) is 5.32 Å². The van der Waals surface area contributed by atoms with Crippen molar-refractivity contribution in [1.82, 2.24) is 5.32 Å². The lowest BCUT2D eigenvalue weighted by Gasteiger charge is -2.44. The first-order valence-corrected chi connectivity index (χ1v) is 13.5. The van der Waals surface area contributed by atoms with Gasteiger partial charge in [-0.1, -0.05) is 6.07 Å². The average molecular weight is 558 g/mol. The van der Waals surface area contributed by atoms with Crippen LogP contribution in [0.4, 0.5) is 18.0 Å². The fourth-order valence-corrected chi connectivity index (χ4v) is 4.95. The molecule has 1 N–H and O–H groups in total. The quantitative estimate of drug-likeness (QED) is 0.334. The number of hydrogen-bond acceptors (Lipinski definition) is 6. The van der Waals surface area contributed by atoms with Gasteiger partial charge in [0, 0.05) is 9.75 Å². The van der Waals surface area contributed by atoms with E-state index in [1.165, 1.54) is 15.8 Å². The Labute approximate surface area is 226 Å². The first kappa shape index (κ1) is 30.2. The van der Waals surface area contributed by atoms with E-state index >= 15 is 0 Å². The number of thiophene rings is 1. The SMILES string of the molecule is Cc1ccc(CCCOc2ccc(CCC3(NC(=O)OC(C)(C)C)COC(C)(C)OC3)cc2C(F)(F)F)s1. The molecular formula is C28H38F3NO5S. The van der Waals surface area contributed by atoms with E-state index in [0.717, 1.165) is 12.5 Å². The lowest BCUT2D eigenvalue weighted by molar-refractivity contribution is -0.271. The molecule has 0 radical (unpaired) electrons. The molecule has 3 rings (SSSR count). The van der Waals surface area contributed by atoms with Gasteiger partial charge in [0.15, 0.2) is 5.79 Å². The number of alkyl carbamates (subject to hydrolysis) is 1. The van der Waals surface area contributed by atoms with Crippen molar-refractivity contribution in [3.05, 3.63) is 51.2 Å². The average Bonchev–Trinajstić information content (AvgIpc) is 3.21. The number of carbonyl (C=O) groups is 1. The summed E-state index contributed by atoms with van der Waals surface area (Å²) in [5.41, 5.74) is -2.01. The Bertz CT molecular complexity index is 1080. The van der Waals surface area contributed by atoms with Gasteiger partial charge in [-0.15, -0.1) is 11.3 Å². The van der Waals surface area contributed by atoms with Crippen LogP contribution >= 0.6 is 11.3 Å². The molecule has 0 unspecified atom stereocenters. The first-order chi connectivity index (χ1) is 17.6. The second-order valence-electron chi connectivity index (χ2n) is 11.2. The third-order valence-electron chi connectivity index (χ3n) is 6.02. The molecule has 1 amide bonds. The molecule has 1 aromatic carbocycles. The zero-order valence-electron chi connectivity index (χ0n) is 22.9. The maximum Gasteiger partial charge on any atom is 0.419 e. The molecule has 0 spiro atoms. The molecule has 1 aliphatic heterocycles. The van der Waals surface area contributed by atoms with Crippen LogP contribution in [0.5, 0.6) is 5.75 Å². The highest BCUT2D eigenvalue weighted by atomic mass is 32.1. The van der Waals surface area contributed by atoms with Gasteiger partial charge in [-0.2, -0.15) is 13.2 Å². The fraction of sp³-hybridized carbons (Fsp3) is 0.607. The second kappa shape index (κ2) is 11.8. The maximum absolute atomic E-state index is 13.9. The highest BCUT2D eigenvalue weighted by molar-refractivity contribution is 7.11. The van der Waals surface area contributed by atoms with E-state index in [4.69, 9.17) is 18.9 Å². The van der Waals surface area contributed by atoms with Crippen LogP contribution in [-0.2, 0) is 33.2 Å². The van der Waals surface area contributed by atoms with Gasteiger partial charge in [-0.3, -0.25) is 0 Å². The first-order valence-electron chi connectivity index (χ1n) is 12.7. The van der Waals surface area contributed by atoms with Crippen LogP contribution < -0.4 is 10.1 Å². The number of nitrogens with one attached hydrogen (secondary N) is 1. The van der Waals surface area contributed by atoms with Gasteiger partial charge in [-0.25, -0.2) is 4.79 Å². The minimum Gasteiger partial charge on any atom is -0.493 e. The van der Waals surface area contributed by atoms with Crippen LogP contribution in [0.1, 0.15) is 68.3 Å². The Morgan fingerprint density at radius 2 is 1.76 bits per heavy atom. The van der Waals surface area contributed by atoms with Gasteiger partial charge in [0.1, 0.15) is 11.4 Å². The topological polar surface area (TPSA) is 66.0 Å². The number of hydrogen-bond donors (Lipinski definition) is 1. The van der Waals surface area contributed by atoms with Crippen molar-refractivity contribution < 1.29 is 36.9 Å². The minimum atomic E-state index is -4.57. The summed E-state index contributed by atoms with van der Waals surface area (Å²) in [6.07, 6.45) is -3.28. The summed E-state index contributed by atoms with van der Waals surface area (Å²) in [5, 5.41) is 2.85. The van der Waals surface area contributed by atoms with Crippen molar-refractivity contribution in [2.24, 2.45) is 0 Å². The largest absolute Gasteiger partial charge is 0.493 e. The molecule has 6 nitrogen and oxygen atoms in total. The molecule has 1 aromatic heterocycles. The van der Waals surface area contributed by atoms with Gasteiger partial charge in [-0.05, 0) is 97.1 Å². The smallest absolute Gasteiger partial charge is 0.419 e. The third-order valence-corrected chi connectivity index (χ3v) is 7.08. The van der Waals surface area contributed by atoms with E-state index in [-0.39, 0.29) is 32.0 Å². The second-order valence-corrected chi connectivity index (χ2v) is 12.5. The Morgan fingerprint density at radius 3 is 2.34 bits per heavy atom. The zero-order valence-corrected chi connectivity index (χ0v) is 23.7. The molecule has 212 valence electrons. The van der Waals surface area contributed by atoms with Crippen LogP contribution in [0.2, 0.25) is 0 Å². The summed E-state index contributed by atoms with van der Waals surface area (Å²) in [4.78, 5) is 14.9. The molecule has 0 atom stereocenters. The Balaban J connectivity index is 1.68. The predicted molar refractivity (Wildman–Crippen MR) is 141 cm³/mol. The number of rotatable bonds is 9. The highest BCUT2D eigenvalue weighted by Crippen LogP contribution is 2.38. The summed E-state index contributed by atoms with van der Waals surface area (Å²) < 4.78 is 64.2. The Morgan fingerprint density at radius 1 is 1.08 bits per heavy atom. The lowest BCUT2D eigenvalue weighted by atomic mass is 9.91. The van der Waals surface area contributed by atoms with Crippen LogP contribution in [0, 0.1) is 6.92 Å². The number of benzene rings is 1. The highest BCUT2D eigenvalue weighted by Gasteiger charge is 2.42. The lowest BCUT2D eigenvalue weighted by Crippen LogP contribution is -2.61. The standard InChI is InChI=1S/C28H38F3NO5S/c1-19-9-11-21(38-19)8-7-15-34-23-12-10-20(16-22(23)28(29,30)31)13-14-27(17-35-26(5,6)36-18-27)32-24(33)37-25(2,3)4/h9-12,16H,7-8,13-15,17-18H2,1-6H3,(H,32,33). The van der Waals surface area contributed by atoms with Crippen LogP contribution in [0.3, 0.4) is 0 Å². The molecule has 0 aliphatic carbocycles. The number of ether oxygens (including phenoxy) is 4. The minimum absolute atomic E-state index is 0.135. The monoisotopic (exact) mass is 557 g/mol. The predicted octanol–water partition coefficient (Wildman–Crippen LogP) is 7.07. The van der Waals surface area contributed by atoms with Gasteiger partial charge in [0.05, 0.1) is 30.9 Å². The van der Waals surface area contributed by atoms with E-state index in [1.54, 1.807) is 52.0 Å². The van der Waals surface area contributed by atoms with Crippen molar-refractivity contribution in [3.63, 3.8) is 0 Å². The molecule has 2 heterocycles. The van der Waals surface area contributed by atoms with Crippen LogP contribution in [0.25, 0.3) is 0 Å². The molecule has 10 heteroatoms. The van der Waals surface area contributed by atoms with Crippen LogP contribution in [0.15, 0.2) is 30.3 Å². The summed E-state index contributed by atoms with van der Waals surface area (Å²) in [7, 11) is 0. The van der Waals surface area contributed by atoms with E-state index in [9.17, 15) is 18.0 Å². The number of alkyl halides is 3. The molecule has 2 aromatic rings. The Hall–Kier alpha value is -2.30. The third kappa shape index (κ3) is 9.17. The van der Waals surface area contributed by atoms with Crippen molar-refractivity contribution in [2.45, 2.75) is 90.3 Å². The molecule has 1 aliphatic rings.